The van der Waals surface area contributed by atoms with Crippen LogP contribution in [-0.2, 0) is 6.42 Å². The lowest BCUT2D eigenvalue weighted by Crippen LogP contribution is -2.25. The molecule has 0 fully saturated rings. The van der Waals surface area contributed by atoms with Gasteiger partial charge in [-0.15, -0.1) is 0 Å². The second-order valence-electron chi connectivity index (χ2n) is 9.58. The van der Waals surface area contributed by atoms with Crippen LogP contribution in [0.5, 0.6) is 5.75 Å². The van der Waals surface area contributed by atoms with Gasteiger partial charge < -0.3 is 20.4 Å². The van der Waals surface area contributed by atoms with Crippen LogP contribution < -0.4 is 15.4 Å². The molecule has 0 aliphatic carbocycles. The SMILES string of the molecule is Cc1ccc(NC(=O)c2cc3nc(Nc4c(C)cccc4F)[nH]c3c3c2OC(C)(C)C3)c(C)c1. The van der Waals surface area contributed by atoms with Crippen molar-refractivity contribution in [3.63, 3.8) is 0 Å². The maximum Gasteiger partial charge on any atom is 0.259 e. The molecule has 1 aliphatic rings. The molecule has 34 heavy (non-hydrogen) atoms. The average Bonchev–Trinajstić information content (AvgIpc) is 3.31. The number of aromatic amines is 1. The van der Waals surface area contributed by atoms with Gasteiger partial charge in [0.1, 0.15) is 17.2 Å². The van der Waals surface area contributed by atoms with Crippen LogP contribution in [0.4, 0.5) is 21.7 Å². The molecule has 174 valence electrons. The van der Waals surface area contributed by atoms with Crippen LogP contribution in [0.1, 0.15) is 46.5 Å². The number of para-hydroxylation sites is 1. The Bertz CT molecular complexity index is 1430. The summed E-state index contributed by atoms with van der Waals surface area (Å²) >= 11 is 0. The molecule has 1 aliphatic heterocycles. The second kappa shape index (κ2) is 7.87. The number of anilines is 3. The quantitative estimate of drug-likeness (QED) is 0.334. The van der Waals surface area contributed by atoms with Crippen molar-refractivity contribution in [2.24, 2.45) is 0 Å². The number of imidazole rings is 1. The van der Waals surface area contributed by atoms with Gasteiger partial charge in [0.05, 0.1) is 22.3 Å². The highest BCUT2D eigenvalue weighted by molar-refractivity contribution is 6.09. The van der Waals surface area contributed by atoms with Gasteiger partial charge in [-0.2, -0.15) is 0 Å². The molecule has 0 spiro atoms. The number of fused-ring (bicyclic) bond motifs is 3. The summed E-state index contributed by atoms with van der Waals surface area (Å²) in [6.07, 6.45) is 0.615. The van der Waals surface area contributed by atoms with E-state index in [2.05, 4.69) is 20.6 Å². The number of carbonyl (C=O) groups is 1. The van der Waals surface area contributed by atoms with E-state index in [0.29, 0.717) is 34.9 Å². The molecule has 0 unspecified atom stereocenters. The highest BCUT2D eigenvalue weighted by Gasteiger charge is 2.36. The first kappa shape index (κ1) is 21.9. The van der Waals surface area contributed by atoms with E-state index in [0.717, 1.165) is 33.5 Å². The average molecular weight is 459 g/mol. The minimum atomic E-state index is -0.466. The molecule has 1 aromatic heterocycles. The van der Waals surface area contributed by atoms with E-state index in [1.807, 2.05) is 58.9 Å². The van der Waals surface area contributed by atoms with Crippen LogP contribution in [0.2, 0.25) is 0 Å². The maximum atomic E-state index is 14.4. The Labute approximate surface area is 197 Å². The monoisotopic (exact) mass is 458 g/mol. The highest BCUT2D eigenvalue weighted by Crippen LogP contribution is 2.42. The van der Waals surface area contributed by atoms with Crippen molar-refractivity contribution in [1.82, 2.24) is 9.97 Å². The normalized spacial score (nSPS) is 14.1. The van der Waals surface area contributed by atoms with Gasteiger partial charge in [-0.05, 0) is 63.9 Å². The summed E-state index contributed by atoms with van der Waals surface area (Å²) in [6, 6.07) is 12.5. The van der Waals surface area contributed by atoms with E-state index < -0.39 is 5.60 Å². The molecule has 7 heteroatoms. The molecule has 2 heterocycles. The molecule has 3 N–H and O–H groups in total. The third kappa shape index (κ3) is 3.87. The first-order valence-corrected chi connectivity index (χ1v) is 11.3. The van der Waals surface area contributed by atoms with E-state index in [1.54, 1.807) is 12.1 Å². The van der Waals surface area contributed by atoms with Gasteiger partial charge in [0.2, 0.25) is 5.95 Å². The molecule has 0 atom stereocenters. The Hall–Kier alpha value is -3.87. The summed E-state index contributed by atoms with van der Waals surface area (Å²) in [7, 11) is 0. The van der Waals surface area contributed by atoms with Gasteiger partial charge in [0, 0.05) is 17.7 Å². The van der Waals surface area contributed by atoms with E-state index >= 15 is 0 Å². The summed E-state index contributed by atoms with van der Waals surface area (Å²) in [5, 5.41) is 6.07. The van der Waals surface area contributed by atoms with Crippen LogP contribution in [0.3, 0.4) is 0 Å². The molecule has 0 bridgehead atoms. The number of aryl methyl sites for hydroxylation is 3. The van der Waals surface area contributed by atoms with Gasteiger partial charge >= 0.3 is 0 Å². The molecule has 0 saturated carbocycles. The number of nitrogens with zero attached hydrogens (tertiary/aromatic N) is 1. The standard InChI is InChI=1S/C27H27FN4O2/c1-14-9-10-20(16(3)11-14)29-25(33)17-12-21-23(18-13-27(4,5)34-24(17)18)32-26(30-21)31-22-15(2)7-6-8-19(22)28/h6-12H,13H2,1-5H3,(H,29,33)(H2,30,31,32). The molecule has 6 nitrogen and oxygen atoms in total. The van der Waals surface area contributed by atoms with Crippen LogP contribution in [0, 0.1) is 26.6 Å². The fourth-order valence-corrected chi connectivity index (χ4v) is 4.50. The smallest absolute Gasteiger partial charge is 0.259 e. The predicted molar refractivity (Wildman–Crippen MR) is 133 cm³/mol. The molecule has 5 rings (SSSR count). The van der Waals surface area contributed by atoms with Crippen LogP contribution in [-0.4, -0.2) is 21.5 Å². The molecule has 3 aromatic carbocycles. The zero-order valence-electron chi connectivity index (χ0n) is 19.9. The second-order valence-corrected chi connectivity index (χ2v) is 9.58. The van der Waals surface area contributed by atoms with E-state index in [4.69, 9.17) is 4.74 Å². The fourth-order valence-electron chi connectivity index (χ4n) is 4.50. The van der Waals surface area contributed by atoms with Gasteiger partial charge in [-0.1, -0.05) is 29.8 Å². The number of ether oxygens (including phenoxy) is 1. The third-order valence-electron chi connectivity index (χ3n) is 6.15. The largest absolute Gasteiger partial charge is 0.486 e. The van der Waals surface area contributed by atoms with Gasteiger partial charge in [0.15, 0.2) is 0 Å². The lowest BCUT2D eigenvalue weighted by molar-refractivity contribution is 0.101. The van der Waals surface area contributed by atoms with Crippen molar-refractivity contribution in [3.05, 3.63) is 76.1 Å². The van der Waals surface area contributed by atoms with Crippen LogP contribution in [0.15, 0.2) is 42.5 Å². The van der Waals surface area contributed by atoms with Gasteiger partial charge in [0.25, 0.3) is 5.91 Å². The summed E-state index contributed by atoms with van der Waals surface area (Å²) in [5.41, 5.74) is 6.23. The number of hydrogen-bond acceptors (Lipinski definition) is 4. The number of H-pyrrole nitrogens is 1. The van der Waals surface area contributed by atoms with Crippen molar-refractivity contribution < 1.29 is 13.9 Å². The maximum absolute atomic E-state index is 14.4. The molecule has 4 aromatic rings. The Morgan fingerprint density at radius 3 is 2.65 bits per heavy atom. The third-order valence-corrected chi connectivity index (χ3v) is 6.15. The molecule has 0 saturated heterocycles. The van der Waals surface area contributed by atoms with E-state index in [9.17, 15) is 9.18 Å². The molecular weight excluding hydrogens is 431 g/mol. The summed E-state index contributed by atoms with van der Waals surface area (Å²) in [4.78, 5) is 21.3. The zero-order valence-corrected chi connectivity index (χ0v) is 19.9. The topological polar surface area (TPSA) is 79.0 Å². The van der Waals surface area contributed by atoms with Crippen molar-refractivity contribution in [3.8, 4) is 5.75 Å². The van der Waals surface area contributed by atoms with Gasteiger partial charge in [-0.3, -0.25) is 4.79 Å². The van der Waals surface area contributed by atoms with E-state index in [1.165, 1.54) is 6.07 Å². The van der Waals surface area contributed by atoms with Gasteiger partial charge in [-0.25, -0.2) is 9.37 Å². The fraction of sp³-hybridized carbons (Fsp3) is 0.259. The van der Waals surface area contributed by atoms with Crippen LogP contribution in [0.25, 0.3) is 11.0 Å². The number of benzene rings is 3. The lowest BCUT2D eigenvalue weighted by Gasteiger charge is -2.18. The van der Waals surface area contributed by atoms with Crippen molar-refractivity contribution in [1.29, 1.82) is 0 Å². The summed E-state index contributed by atoms with van der Waals surface area (Å²) in [5.74, 6) is 0.341. The number of aromatic nitrogens is 2. The number of hydrogen-bond donors (Lipinski definition) is 3. The van der Waals surface area contributed by atoms with Crippen molar-refractivity contribution in [2.45, 2.75) is 46.6 Å². The Kier molecular flexibility index (Phi) is 5.08. The minimum Gasteiger partial charge on any atom is -0.486 e. The molecule has 0 radical (unpaired) electrons. The van der Waals surface area contributed by atoms with Crippen LogP contribution >= 0.6 is 0 Å². The van der Waals surface area contributed by atoms with E-state index in [-0.39, 0.29) is 11.7 Å². The Balaban J connectivity index is 1.57. The predicted octanol–water partition coefficient (Wildman–Crippen LogP) is 6.34. The highest BCUT2D eigenvalue weighted by atomic mass is 19.1. The first-order chi connectivity index (χ1) is 16.1. The van der Waals surface area contributed by atoms with Crippen molar-refractivity contribution >= 4 is 34.3 Å². The number of amides is 1. The zero-order chi connectivity index (χ0) is 24.2. The lowest BCUT2D eigenvalue weighted by atomic mass is 9.98. The summed E-state index contributed by atoms with van der Waals surface area (Å²) in [6.45, 7) is 9.79. The molecular formula is C27H27FN4O2. The molecule has 1 amide bonds. The Morgan fingerprint density at radius 1 is 1.12 bits per heavy atom. The summed E-state index contributed by atoms with van der Waals surface area (Å²) < 4.78 is 20.6. The minimum absolute atomic E-state index is 0.259. The Morgan fingerprint density at radius 2 is 1.91 bits per heavy atom. The number of halogens is 1. The first-order valence-electron chi connectivity index (χ1n) is 11.3. The number of nitrogens with one attached hydrogen (secondary N) is 3. The number of rotatable bonds is 4. The number of carbonyl (C=O) groups excluding carboxylic acids is 1. The van der Waals surface area contributed by atoms with Crippen molar-refractivity contribution in [2.75, 3.05) is 10.6 Å².